The summed E-state index contributed by atoms with van der Waals surface area (Å²) in [7, 11) is 0. The quantitative estimate of drug-likeness (QED) is 0.866. The zero-order valence-electron chi connectivity index (χ0n) is 13.4. The summed E-state index contributed by atoms with van der Waals surface area (Å²) in [6, 6.07) is 1.93. The van der Waals surface area contributed by atoms with Crippen LogP contribution in [0.4, 0.5) is 13.6 Å². The molecule has 0 aliphatic carbocycles. The lowest BCUT2D eigenvalue weighted by molar-refractivity contribution is 0.0193. The number of halogens is 2. The van der Waals surface area contributed by atoms with Gasteiger partial charge in [-0.2, -0.15) is 0 Å². The van der Waals surface area contributed by atoms with Gasteiger partial charge in [-0.15, -0.1) is 0 Å². The van der Waals surface area contributed by atoms with Crippen molar-refractivity contribution >= 4 is 6.09 Å². The van der Waals surface area contributed by atoms with Crippen molar-refractivity contribution < 1.29 is 18.3 Å². The summed E-state index contributed by atoms with van der Waals surface area (Å²) >= 11 is 0. The molecule has 1 aliphatic rings. The van der Waals surface area contributed by atoms with Crippen LogP contribution in [0.1, 0.15) is 37.9 Å². The number of aryl methyl sites for hydroxylation is 1. The van der Waals surface area contributed by atoms with Crippen LogP contribution in [0.3, 0.4) is 0 Å². The zero-order chi connectivity index (χ0) is 16.5. The van der Waals surface area contributed by atoms with E-state index in [1.54, 1.807) is 20.8 Å². The predicted molar refractivity (Wildman–Crippen MR) is 79.6 cm³/mol. The number of rotatable bonds is 1. The van der Waals surface area contributed by atoms with Crippen LogP contribution in [-0.2, 0) is 4.74 Å². The molecule has 1 aliphatic heterocycles. The molecule has 1 atom stereocenters. The zero-order valence-corrected chi connectivity index (χ0v) is 13.4. The van der Waals surface area contributed by atoms with Gasteiger partial charge in [-0.1, -0.05) is 0 Å². The molecule has 1 fully saturated rings. The Morgan fingerprint density at radius 3 is 2.64 bits per heavy atom. The minimum Gasteiger partial charge on any atom is -0.444 e. The molecule has 6 heteroatoms. The maximum atomic E-state index is 14.1. The lowest BCUT2D eigenvalue weighted by atomic mass is 10.0. The minimum absolute atomic E-state index is 0.233. The van der Waals surface area contributed by atoms with Crippen molar-refractivity contribution in [3.63, 3.8) is 0 Å². The molecule has 0 spiro atoms. The number of hydrogen-bond donors (Lipinski definition) is 1. The van der Waals surface area contributed by atoms with E-state index in [-0.39, 0.29) is 17.7 Å². The van der Waals surface area contributed by atoms with Crippen LogP contribution in [0.5, 0.6) is 0 Å². The summed E-state index contributed by atoms with van der Waals surface area (Å²) < 4.78 is 33.1. The van der Waals surface area contributed by atoms with E-state index in [1.165, 1.54) is 24.0 Å². The fourth-order valence-corrected chi connectivity index (χ4v) is 2.38. The highest BCUT2D eigenvalue weighted by molar-refractivity contribution is 5.68. The predicted octanol–water partition coefficient (Wildman–Crippen LogP) is 3.15. The Morgan fingerprint density at radius 1 is 1.32 bits per heavy atom. The highest BCUT2D eigenvalue weighted by atomic mass is 19.1. The van der Waals surface area contributed by atoms with Gasteiger partial charge >= 0.3 is 6.09 Å². The molecule has 1 aromatic carbocycles. The van der Waals surface area contributed by atoms with E-state index < -0.39 is 29.4 Å². The van der Waals surface area contributed by atoms with E-state index >= 15 is 0 Å². The third-order valence-electron chi connectivity index (χ3n) is 3.48. The molecule has 22 heavy (non-hydrogen) atoms. The number of nitrogens with one attached hydrogen (secondary N) is 1. The summed E-state index contributed by atoms with van der Waals surface area (Å²) in [6.45, 7) is 8.11. The Labute approximate surface area is 129 Å². The second-order valence-corrected chi connectivity index (χ2v) is 6.56. The second kappa shape index (κ2) is 6.20. The van der Waals surface area contributed by atoms with Gasteiger partial charge in [0.25, 0.3) is 0 Å². The number of piperazine rings is 1. The molecule has 4 nitrogen and oxygen atoms in total. The second-order valence-electron chi connectivity index (χ2n) is 6.56. The van der Waals surface area contributed by atoms with Crippen LogP contribution in [0.15, 0.2) is 12.1 Å². The lowest BCUT2D eigenvalue weighted by Gasteiger charge is -2.35. The average Bonchev–Trinajstić information content (AvgIpc) is 2.41. The normalized spacial score (nSPS) is 19.2. The van der Waals surface area contributed by atoms with Crippen LogP contribution in [0.25, 0.3) is 0 Å². The monoisotopic (exact) mass is 312 g/mol. The first-order valence-electron chi connectivity index (χ1n) is 7.34. The molecule has 1 saturated heterocycles. The van der Waals surface area contributed by atoms with Gasteiger partial charge < -0.3 is 15.0 Å². The summed E-state index contributed by atoms with van der Waals surface area (Å²) in [4.78, 5) is 13.6. The van der Waals surface area contributed by atoms with Crippen LogP contribution in [0, 0.1) is 18.6 Å². The maximum absolute atomic E-state index is 14.1. The molecule has 0 aromatic heterocycles. The number of ether oxygens (including phenoxy) is 1. The Bertz CT molecular complexity index is 570. The van der Waals surface area contributed by atoms with Crippen LogP contribution in [-0.4, -0.2) is 36.2 Å². The van der Waals surface area contributed by atoms with Gasteiger partial charge in [0.15, 0.2) is 0 Å². The van der Waals surface area contributed by atoms with Crippen molar-refractivity contribution in [2.45, 2.75) is 39.3 Å². The molecule has 0 bridgehead atoms. The van der Waals surface area contributed by atoms with Crippen LogP contribution >= 0.6 is 0 Å². The third-order valence-corrected chi connectivity index (χ3v) is 3.48. The number of amides is 1. The minimum atomic E-state index is -0.585. The summed E-state index contributed by atoms with van der Waals surface area (Å²) in [5, 5.41) is 3.11. The van der Waals surface area contributed by atoms with E-state index in [4.69, 9.17) is 4.74 Å². The van der Waals surface area contributed by atoms with Gasteiger partial charge in [0, 0.05) is 25.2 Å². The number of carbonyl (C=O) groups excluding carboxylic acids is 1. The first-order chi connectivity index (χ1) is 10.2. The van der Waals surface area contributed by atoms with Gasteiger partial charge in [0.05, 0.1) is 6.04 Å². The molecular formula is C16H22F2N2O2. The lowest BCUT2D eigenvalue weighted by Crippen LogP contribution is -2.49. The summed E-state index contributed by atoms with van der Waals surface area (Å²) in [5.41, 5.74) is -0.0870. The first kappa shape index (κ1) is 16.7. The molecule has 0 saturated carbocycles. The molecule has 1 heterocycles. The fourth-order valence-electron chi connectivity index (χ4n) is 2.38. The highest BCUT2D eigenvalue weighted by Crippen LogP contribution is 2.24. The largest absolute Gasteiger partial charge is 0.444 e. The summed E-state index contributed by atoms with van der Waals surface area (Å²) in [5.74, 6) is -0.921. The highest BCUT2D eigenvalue weighted by Gasteiger charge is 2.29. The molecule has 1 amide bonds. The molecule has 1 N–H and O–H groups in total. The van der Waals surface area contributed by atoms with E-state index in [9.17, 15) is 13.6 Å². The van der Waals surface area contributed by atoms with Crippen molar-refractivity contribution in [3.05, 3.63) is 34.9 Å². The third kappa shape index (κ3) is 3.94. The standard InChI is InChI=1S/C16H22F2N2O2/c1-10-7-13(18)11(8-12(10)17)14-9-20(6-5-19-14)15(21)22-16(2,3)4/h7-8,14,19H,5-6,9H2,1-4H3. The van der Waals surface area contributed by atoms with Gasteiger partial charge in [-0.3, -0.25) is 0 Å². The smallest absolute Gasteiger partial charge is 0.410 e. The molecular weight excluding hydrogens is 290 g/mol. The molecule has 0 radical (unpaired) electrons. The van der Waals surface area contributed by atoms with E-state index in [0.29, 0.717) is 13.1 Å². The van der Waals surface area contributed by atoms with E-state index in [2.05, 4.69) is 5.32 Å². The van der Waals surface area contributed by atoms with E-state index in [1.807, 2.05) is 0 Å². The summed E-state index contributed by atoms with van der Waals surface area (Å²) in [6.07, 6.45) is -0.438. The first-order valence-corrected chi connectivity index (χ1v) is 7.34. The topological polar surface area (TPSA) is 41.6 Å². The van der Waals surface area contributed by atoms with Crippen LogP contribution < -0.4 is 5.32 Å². The van der Waals surface area contributed by atoms with Crippen molar-refractivity contribution in [3.8, 4) is 0 Å². The van der Waals surface area contributed by atoms with E-state index in [0.717, 1.165) is 0 Å². The molecule has 1 unspecified atom stereocenters. The number of hydrogen-bond acceptors (Lipinski definition) is 3. The van der Waals surface area contributed by atoms with Crippen LogP contribution in [0.2, 0.25) is 0 Å². The number of carbonyl (C=O) groups is 1. The molecule has 122 valence electrons. The Kier molecular flexibility index (Phi) is 4.70. The molecule has 1 aromatic rings. The Balaban J connectivity index is 2.14. The van der Waals surface area contributed by atoms with Gasteiger partial charge in [0.2, 0.25) is 0 Å². The Morgan fingerprint density at radius 2 is 2.00 bits per heavy atom. The Hall–Kier alpha value is -1.69. The van der Waals surface area contributed by atoms with Crippen molar-refractivity contribution in [2.75, 3.05) is 19.6 Å². The van der Waals surface area contributed by atoms with Gasteiger partial charge in [-0.25, -0.2) is 13.6 Å². The van der Waals surface area contributed by atoms with Crippen molar-refractivity contribution in [1.82, 2.24) is 10.2 Å². The van der Waals surface area contributed by atoms with Gasteiger partial charge in [0.1, 0.15) is 17.2 Å². The maximum Gasteiger partial charge on any atom is 0.410 e. The SMILES string of the molecule is Cc1cc(F)c(C2CN(C(=O)OC(C)(C)C)CCN2)cc1F. The fraction of sp³-hybridized carbons (Fsp3) is 0.562. The number of benzene rings is 1. The van der Waals surface area contributed by atoms with Gasteiger partial charge in [-0.05, 0) is 45.4 Å². The van der Waals surface area contributed by atoms with Crippen molar-refractivity contribution in [1.29, 1.82) is 0 Å². The average molecular weight is 312 g/mol. The molecule has 2 rings (SSSR count). The number of nitrogens with zero attached hydrogens (tertiary/aromatic N) is 1. The van der Waals surface area contributed by atoms with Crippen molar-refractivity contribution in [2.24, 2.45) is 0 Å².